The Hall–Kier alpha value is -0.690. The quantitative estimate of drug-likeness (QED) is 0.724. The first-order valence-electron chi connectivity index (χ1n) is 4.31. The van der Waals surface area contributed by atoms with Crippen molar-refractivity contribution in [3.63, 3.8) is 0 Å². The molecule has 1 rings (SSSR count). The van der Waals surface area contributed by atoms with E-state index in [0.29, 0.717) is 0 Å². The molecule has 1 amide bonds. The number of nitriles is 1. The van der Waals surface area contributed by atoms with E-state index in [1.165, 1.54) is 0 Å². The molecule has 1 aliphatic heterocycles. The number of carbonyl (C=O) groups is 1. The van der Waals surface area contributed by atoms with Crippen LogP contribution in [-0.4, -0.2) is 22.4 Å². The monoisotopic (exact) mass is 198 g/mol. The molecule has 0 radical (unpaired) electrons. The molecule has 0 aromatic carbocycles. The zero-order valence-corrected chi connectivity index (χ0v) is 8.94. The number of nitrogens with one attached hydrogen (secondary N) is 1. The Kier molecular flexibility index (Phi) is 2.87. The van der Waals surface area contributed by atoms with Crippen LogP contribution < -0.4 is 5.32 Å². The van der Waals surface area contributed by atoms with E-state index in [2.05, 4.69) is 19.2 Å². The molecule has 1 saturated heterocycles. The van der Waals surface area contributed by atoms with E-state index in [1.807, 2.05) is 17.8 Å². The molecule has 1 heterocycles. The summed E-state index contributed by atoms with van der Waals surface area (Å²) in [5.41, 5.74) is 0. The third-order valence-electron chi connectivity index (χ3n) is 2.36. The summed E-state index contributed by atoms with van der Waals surface area (Å²) in [6.45, 7) is 5.82. The van der Waals surface area contributed by atoms with Crippen molar-refractivity contribution in [3.05, 3.63) is 0 Å². The molecule has 0 aliphatic carbocycles. The lowest BCUT2D eigenvalue weighted by molar-refractivity contribution is -0.123. The molecule has 72 valence electrons. The Bertz CT molecular complexity index is 257. The minimum Gasteiger partial charge on any atom is -0.350 e. The van der Waals surface area contributed by atoms with Crippen molar-refractivity contribution in [1.82, 2.24) is 5.32 Å². The summed E-state index contributed by atoms with van der Waals surface area (Å²) in [6, 6.07) is 2.15. The van der Waals surface area contributed by atoms with E-state index in [4.69, 9.17) is 5.26 Å². The molecule has 4 heteroatoms. The minimum atomic E-state index is -0.540. The number of carbonyl (C=O) groups excluding carboxylic acids is 1. The third kappa shape index (κ3) is 2.16. The summed E-state index contributed by atoms with van der Waals surface area (Å²) in [5.74, 6) is 0.263. The topological polar surface area (TPSA) is 52.9 Å². The first kappa shape index (κ1) is 10.4. The van der Waals surface area contributed by atoms with Crippen LogP contribution >= 0.6 is 11.8 Å². The summed E-state index contributed by atoms with van der Waals surface area (Å²) in [6.07, 6.45) is 0. The van der Waals surface area contributed by atoms with E-state index < -0.39 is 5.92 Å². The van der Waals surface area contributed by atoms with E-state index in [1.54, 1.807) is 6.92 Å². The summed E-state index contributed by atoms with van der Waals surface area (Å²) < 4.78 is 0.130. The smallest absolute Gasteiger partial charge is 0.237 e. The third-order valence-corrected chi connectivity index (χ3v) is 3.89. The van der Waals surface area contributed by atoms with Gasteiger partial charge in [-0.3, -0.25) is 4.79 Å². The summed E-state index contributed by atoms with van der Waals surface area (Å²) in [7, 11) is 0. The number of amides is 1. The van der Waals surface area contributed by atoms with E-state index in [0.717, 1.165) is 5.75 Å². The average Bonchev–Trinajstić information content (AvgIpc) is 2.10. The van der Waals surface area contributed by atoms with Gasteiger partial charge in [-0.05, 0) is 20.8 Å². The van der Waals surface area contributed by atoms with E-state index in [9.17, 15) is 4.79 Å². The highest BCUT2D eigenvalue weighted by atomic mass is 32.2. The van der Waals surface area contributed by atoms with Crippen molar-refractivity contribution >= 4 is 17.7 Å². The van der Waals surface area contributed by atoms with Gasteiger partial charge in [0.15, 0.2) is 0 Å². The van der Waals surface area contributed by atoms with Crippen molar-refractivity contribution in [2.45, 2.75) is 31.6 Å². The number of rotatable bonds is 2. The minimum absolute atomic E-state index is 0.130. The lowest BCUT2D eigenvalue weighted by Gasteiger charge is -2.44. The highest BCUT2D eigenvalue weighted by Crippen LogP contribution is 2.39. The maximum atomic E-state index is 11.3. The number of thioether (sulfide) groups is 1. The molecular weight excluding hydrogens is 184 g/mol. The number of hydrogen-bond donors (Lipinski definition) is 1. The van der Waals surface area contributed by atoms with E-state index >= 15 is 0 Å². The van der Waals surface area contributed by atoms with Gasteiger partial charge < -0.3 is 5.32 Å². The van der Waals surface area contributed by atoms with Crippen LogP contribution in [0.3, 0.4) is 0 Å². The molecule has 2 atom stereocenters. The fraction of sp³-hybridized carbons (Fsp3) is 0.778. The fourth-order valence-corrected chi connectivity index (χ4v) is 2.21. The summed E-state index contributed by atoms with van der Waals surface area (Å²) >= 11 is 1.83. The predicted octanol–water partition coefficient (Wildman–Crippen LogP) is 1.16. The second-order valence-electron chi connectivity index (χ2n) is 3.83. The molecule has 1 N–H and O–H groups in total. The van der Waals surface area contributed by atoms with Crippen molar-refractivity contribution in [2.24, 2.45) is 5.92 Å². The molecule has 0 aromatic heterocycles. The Morgan fingerprint density at radius 2 is 2.38 bits per heavy atom. The number of nitrogens with zero attached hydrogens (tertiary/aromatic N) is 1. The van der Waals surface area contributed by atoms with Gasteiger partial charge >= 0.3 is 0 Å². The molecule has 2 unspecified atom stereocenters. The van der Waals surface area contributed by atoms with Gasteiger partial charge in [0.1, 0.15) is 5.92 Å². The lowest BCUT2D eigenvalue weighted by Crippen LogP contribution is -2.57. The van der Waals surface area contributed by atoms with Crippen molar-refractivity contribution in [1.29, 1.82) is 5.26 Å². The maximum Gasteiger partial charge on any atom is 0.237 e. The van der Waals surface area contributed by atoms with Crippen molar-refractivity contribution < 1.29 is 4.79 Å². The summed E-state index contributed by atoms with van der Waals surface area (Å²) in [5, 5.41) is 11.4. The molecule has 1 aliphatic rings. The standard InChI is InChI=1S/C9H14N2OS/c1-6(4-10)8(12)11-7-5-13-9(7,2)3/h6-7H,5H2,1-3H3,(H,11,12). The largest absolute Gasteiger partial charge is 0.350 e. The highest BCUT2D eigenvalue weighted by Gasteiger charge is 2.40. The first-order chi connectivity index (χ1) is 5.97. The molecular formula is C9H14N2OS. The average molecular weight is 198 g/mol. The van der Waals surface area contributed by atoms with Gasteiger partial charge in [-0.1, -0.05) is 0 Å². The van der Waals surface area contributed by atoms with Gasteiger partial charge in [0, 0.05) is 10.5 Å². The Morgan fingerprint density at radius 3 is 2.69 bits per heavy atom. The fourth-order valence-electron chi connectivity index (χ4n) is 1.07. The highest BCUT2D eigenvalue weighted by molar-refractivity contribution is 8.02. The van der Waals surface area contributed by atoms with Gasteiger partial charge in [0.25, 0.3) is 0 Å². The normalized spacial score (nSPS) is 26.8. The van der Waals surface area contributed by atoms with Crippen LogP contribution in [0, 0.1) is 17.2 Å². The molecule has 0 saturated carbocycles. The second-order valence-corrected chi connectivity index (χ2v) is 5.50. The molecule has 3 nitrogen and oxygen atoms in total. The Labute approximate surface area is 82.9 Å². The second kappa shape index (κ2) is 3.59. The van der Waals surface area contributed by atoms with Gasteiger partial charge in [-0.25, -0.2) is 0 Å². The van der Waals surface area contributed by atoms with Crippen LogP contribution in [0.25, 0.3) is 0 Å². The SMILES string of the molecule is CC(C#N)C(=O)NC1CSC1(C)C. The number of hydrogen-bond acceptors (Lipinski definition) is 3. The lowest BCUT2D eigenvalue weighted by atomic mass is 10.0. The van der Waals surface area contributed by atoms with Gasteiger partial charge in [-0.2, -0.15) is 17.0 Å². The van der Waals surface area contributed by atoms with Gasteiger partial charge in [0.2, 0.25) is 5.91 Å². The van der Waals surface area contributed by atoms with Crippen LogP contribution in [0.2, 0.25) is 0 Å². The zero-order chi connectivity index (χ0) is 10.1. The molecule has 13 heavy (non-hydrogen) atoms. The van der Waals surface area contributed by atoms with Crippen LogP contribution in [0.15, 0.2) is 0 Å². The van der Waals surface area contributed by atoms with Crippen LogP contribution in [0.4, 0.5) is 0 Å². The summed E-state index contributed by atoms with van der Waals surface area (Å²) in [4.78, 5) is 11.3. The maximum absolute atomic E-state index is 11.3. The molecule has 0 bridgehead atoms. The molecule has 1 fully saturated rings. The van der Waals surface area contributed by atoms with Crippen molar-refractivity contribution in [2.75, 3.05) is 5.75 Å². The van der Waals surface area contributed by atoms with Crippen LogP contribution in [-0.2, 0) is 4.79 Å². The van der Waals surface area contributed by atoms with Crippen LogP contribution in [0.1, 0.15) is 20.8 Å². The molecule has 0 spiro atoms. The Morgan fingerprint density at radius 1 is 1.77 bits per heavy atom. The molecule has 0 aromatic rings. The Balaban J connectivity index is 2.43. The van der Waals surface area contributed by atoms with E-state index in [-0.39, 0.29) is 16.7 Å². The van der Waals surface area contributed by atoms with Crippen LogP contribution in [0.5, 0.6) is 0 Å². The van der Waals surface area contributed by atoms with Crippen molar-refractivity contribution in [3.8, 4) is 6.07 Å². The van der Waals surface area contributed by atoms with Gasteiger partial charge in [0.05, 0.1) is 12.1 Å². The zero-order valence-electron chi connectivity index (χ0n) is 8.13. The predicted molar refractivity (Wildman–Crippen MR) is 53.2 cm³/mol. The van der Waals surface area contributed by atoms with Gasteiger partial charge in [-0.15, -0.1) is 0 Å². The first-order valence-corrected chi connectivity index (χ1v) is 5.30.